The standard InChI is InChI=1S/C13H17N3O2/c1-14-8-12(17)15-10-4-3-9-5-6-16(2)13(18)11(9)7-10/h3-4,7,14H,5-6,8H2,1-2H3,(H,15,17). The molecule has 0 unspecified atom stereocenters. The van der Waals surface area contributed by atoms with Gasteiger partial charge in [0, 0.05) is 24.8 Å². The van der Waals surface area contributed by atoms with E-state index in [1.165, 1.54) is 0 Å². The van der Waals surface area contributed by atoms with Gasteiger partial charge in [-0.1, -0.05) is 6.07 Å². The number of carbonyl (C=O) groups is 2. The third kappa shape index (κ3) is 2.51. The minimum absolute atomic E-state index is 0.0148. The van der Waals surface area contributed by atoms with Gasteiger partial charge in [-0.2, -0.15) is 0 Å². The molecular weight excluding hydrogens is 230 g/mol. The van der Waals surface area contributed by atoms with E-state index in [0.29, 0.717) is 11.3 Å². The van der Waals surface area contributed by atoms with E-state index in [0.717, 1.165) is 18.5 Å². The van der Waals surface area contributed by atoms with E-state index in [9.17, 15) is 9.59 Å². The van der Waals surface area contributed by atoms with Gasteiger partial charge in [0.1, 0.15) is 0 Å². The molecule has 96 valence electrons. The van der Waals surface area contributed by atoms with Crippen molar-refractivity contribution in [2.45, 2.75) is 6.42 Å². The first kappa shape index (κ1) is 12.6. The third-order valence-electron chi connectivity index (χ3n) is 3.02. The van der Waals surface area contributed by atoms with Crippen molar-refractivity contribution in [1.29, 1.82) is 0 Å². The molecule has 0 aromatic heterocycles. The second kappa shape index (κ2) is 5.18. The van der Waals surface area contributed by atoms with Crippen LogP contribution in [0.25, 0.3) is 0 Å². The molecule has 1 aromatic rings. The summed E-state index contributed by atoms with van der Waals surface area (Å²) in [7, 11) is 3.50. The molecule has 0 radical (unpaired) electrons. The molecule has 2 rings (SSSR count). The largest absolute Gasteiger partial charge is 0.341 e. The number of hydrogen-bond acceptors (Lipinski definition) is 3. The first-order valence-electron chi connectivity index (χ1n) is 5.94. The van der Waals surface area contributed by atoms with Crippen molar-refractivity contribution in [3.8, 4) is 0 Å². The zero-order valence-electron chi connectivity index (χ0n) is 10.6. The Kier molecular flexibility index (Phi) is 3.62. The maximum Gasteiger partial charge on any atom is 0.253 e. The molecule has 1 aliphatic rings. The van der Waals surface area contributed by atoms with E-state index in [1.807, 2.05) is 12.1 Å². The summed E-state index contributed by atoms with van der Waals surface area (Å²) in [4.78, 5) is 25.1. The molecule has 0 saturated heterocycles. The van der Waals surface area contributed by atoms with Crippen molar-refractivity contribution in [2.24, 2.45) is 0 Å². The summed E-state index contributed by atoms with van der Waals surface area (Å²) >= 11 is 0. The molecule has 0 bridgehead atoms. The number of hydrogen-bond donors (Lipinski definition) is 2. The molecule has 5 nitrogen and oxygen atoms in total. The maximum absolute atomic E-state index is 12.0. The predicted molar refractivity (Wildman–Crippen MR) is 69.7 cm³/mol. The molecule has 1 heterocycles. The van der Waals surface area contributed by atoms with Gasteiger partial charge in [-0.25, -0.2) is 0 Å². The summed E-state index contributed by atoms with van der Waals surface area (Å²) in [5.74, 6) is -0.102. The van der Waals surface area contributed by atoms with Crippen LogP contribution in [0, 0.1) is 0 Å². The van der Waals surface area contributed by atoms with Crippen LogP contribution < -0.4 is 10.6 Å². The van der Waals surface area contributed by atoms with Gasteiger partial charge in [-0.05, 0) is 31.2 Å². The number of anilines is 1. The van der Waals surface area contributed by atoms with E-state index in [1.54, 1.807) is 25.1 Å². The van der Waals surface area contributed by atoms with Crippen molar-refractivity contribution in [3.05, 3.63) is 29.3 Å². The Balaban J connectivity index is 2.21. The first-order chi connectivity index (χ1) is 8.61. The molecular formula is C13H17N3O2. The predicted octanol–water partition coefficient (Wildman–Crippen LogP) is 0.473. The lowest BCUT2D eigenvalue weighted by molar-refractivity contribution is -0.115. The lowest BCUT2D eigenvalue weighted by atomic mass is 9.99. The lowest BCUT2D eigenvalue weighted by Gasteiger charge is -2.25. The van der Waals surface area contributed by atoms with Gasteiger partial charge in [-0.3, -0.25) is 9.59 Å². The SMILES string of the molecule is CNCC(=O)Nc1ccc2c(c1)C(=O)N(C)CC2. The van der Waals surface area contributed by atoms with Crippen LogP contribution in [0.15, 0.2) is 18.2 Å². The molecule has 5 heteroatoms. The van der Waals surface area contributed by atoms with Crippen LogP contribution in [0.5, 0.6) is 0 Å². The summed E-state index contributed by atoms with van der Waals surface area (Å²) in [5.41, 5.74) is 2.40. The summed E-state index contributed by atoms with van der Waals surface area (Å²) < 4.78 is 0. The Hall–Kier alpha value is -1.88. The molecule has 0 saturated carbocycles. The zero-order chi connectivity index (χ0) is 13.1. The van der Waals surface area contributed by atoms with E-state index in [-0.39, 0.29) is 18.4 Å². The summed E-state index contributed by atoms with van der Waals surface area (Å²) in [5, 5.41) is 5.53. The van der Waals surface area contributed by atoms with Crippen LogP contribution >= 0.6 is 0 Å². The minimum Gasteiger partial charge on any atom is -0.341 e. The topological polar surface area (TPSA) is 61.4 Å². The van der Waals surface area contributed by atoms with E-state index in [4.69, 9.17) is 0 Å². The van der Waals surface area contributed by atoms with Crippen LogP contribution in [0.1, 0.15) is 15.9 Å². The second-order valence-corrected chi connectivity index (χ2v) is 4.43. The van der Waals surface area contributed by atoms with Crippen LogP contribution in [0.4, 0.5) is 5.69 Å². The van der Waals surface area contributed by atoms with Crippen molar-refractivity contribution < 1.29 is 9.59 Å². The summed E-state index contributed by atoms with van der Waals surface area (Å²) in [6.45, 7) is 1.00. The van der Waals surface area contributed by atoms with Crippen molar-refractivity contribution in [2.75, 3.05) is 32.5 Å². The second-order valence-electron chi connectivity index (χ2n) is 4.43. The Morgan fingerprint density at radius 3 is 2.94 bits per heavy atom. The highest BCUT2D eigenvalue weighted by Crippen LogP contribution is 2.21. The molecule has 1 aliphatic heterocycles. The highest BCUT2D eigenvalue weighted by Gasteiger charge is 2.21. The molecule has 0 fully saturated rings. The fourth-order valence-electron chi connectivity index (χ4n) is 2.03. The molecule has 2 N–H and O–H groups in total. The Labute approximate surface area is 106 Å². The van der Waals surface area contributed by atoms with Crippen LogP contribution in [0.3, 0.4) is 0 Å². The number of likely N-dealkylation sites (N-methyl/N-ethyl adjacent to an activating group) is 2. The van der Waals surface area contributed by atoms with Gasteiger partial charge >= 0.3 is 0 Å². The number of benzene rings is 1. The molecule has 2 amide bonds. The van der Waals surface area contributed by atoms with E-state index in [2.05, 4.69) is 10.6 Å². The Morgan fingerprint density at radius 1 is 1.44 bits per heavy atom. The molecule has 1 aromatic carbocycles. The van der Waals surface area contributed by atoms with Crippen molar-refractivity contribution in [3.63, 3.8) is 0 Å². The number of nitrogens with zero attached hydrogens (tertiary/aromatic N) is 1. The van der Waals surface area contributed by atoms with Crippen molar-refractivity contribution in [1.82, 2.24) is 10.2 Å². The average Bonchev–Trinajstić information content (AvgIpc) is 2.35. The number of amides is 2. The van der Waals surface area contributed by atoms with Gasteiger partial charge in [0.25, 0.3) is 5.91 Å². The fourth-order valence-corrected chi connectivity index (χ4v) is 2.03. The highest BCUT2D eigenvalue weighted by molar-refractivity contribution is 5.99. The number of carbonyl (C=O) groups excluding carboxylic acids is 2. The zero-order valence-corrected chi connectivity index (χ0v) is 10.6. The smallest absolute Gasteiger partial charge is 0.253 e. The first-order valence-corrected chi connectivity index (χ1v) is 5.94. The van der Waals surface area contributed by atoms with Crippen LogP contribution in [-0.2, 0) is 11.2 Å². The summed E-state index contributed by atoms with van der Waals surface area (Å²) in [6.07, 6.45) is 0.863. The monoisotopic (exact) mass is 247 g/mol. The average molecular weight is 247 g/mol. The van der Waals surface area contributed by atoms with Crippen molar-refractivity contribution >= 4 is 17.5 Å². The van der Waals surface area contributed by atoms with Gasteiger partial charge in [0.05, 0.1) is 6.54 Å². The molecule has 18 heavy (non-hydrogen) atoms. The number of nitrogens with one attached hydrogen (secondary N) is 2. The minimum atomic E-state index is -0.117. The number of fused-ring (bicyclic) bond motifs is 1. The molecule has 0 aliphatic carbocycles. The Bertz CT molecular complexity index is 485. The quantitative estimate of drug-likeness (QED) is 0.816. The third-order valence-corrected chi connectivity index (χ3v) is 3.02. The maximum atomic E-state index is 12.0. The van der Waals surface area contributed by atoms with E-state index < -0.39 is 0 Å². The molecule has 0 atom stereocenters. The lowest BCUT2D eigenvalue weighted by Crippen LogP contribution is -2.34. The van der Waals surface area contributed by atoms with Crippen LogP contribution in [-0.4, -0.2) is 43.9 Å². The van der Waals surface area contributed by atoms with Gasteiger partial charge < -0.3 is 15.5 Å². The summed E-state index contributed by atoms with van der Waals surface area (Å²) in [6, 6.07) is 5.50. The normalized spacial score (nSPS) is 14.3. The fraction of sp³-hybridized carbons (Fsp3) is 0.385. The molecule has 0 spiro atoms. The Morgan fingerprint density at radius 2 is 2.22 bits per heavy atom. The van der Waals surface area contributed by atoms with Gasteiger partial charge in [-0.15, -0.1) is 0 Å². The van der Waals surface area contributed by atoms with E-state index >= 15 is 0 Å². The van der Waals surface area contributed by atoms with Crippen LogP contribution in [0.2, 0.25) is 0 Å². The highest BCUT2D eigenvalue weighted by atomic mass is 16.2. The van der Waals surface area contributed by atoms with Gasteiger partial charge in [0.2, 0.25) is 5.91 Å². The van der Waals surface area contributed by atoms with Gasteiger partial charge in [0.15, 0.2) is 0 Å². The number of rotatable bonds is 3.